The van der Waals surface area contributed by atoms with E-state index in [2.05, 4.69) is 23.5 Å². The summed E-state index contributed by atoms with van der Waals surface area (Å²) in [6.07, 6.45) is 0.903. The Hall–Kier alpha value is -1.51. The van der Waals surface area contributed by atoms with Gasteiger partial charge in [0.1, 0.15) is 0 Å². The SMILES string of the molecule is CCc1noc2ccc(NC)cc12. The van der Waals surface area contributed by atoms with Gasteiger partial charge in [-0.1, -0.05) is 12.1 Å². The molecule has 1 aromatic carbocycles. The van der Waals surface area contributed by atoms with Crippen LogP contribution in [-0.4, -0.2) is 12.2 Å². The van der Waals surface area contributed by atoms with E-state index < -0.39 is 0 Å². The van der Waals surface area contributed by atoms with Crippen molar-refractivity contribution in [2.75, 3.05) is 12.4 Å². The summed E-state index contributed by atoms with van der Waals surface area (Å²) in [5, 5.41) is 8.18. The van der Waals surface area contributed by atoms with Crippen LogP contribution in [0.2, 0.25) is 0 Å². The lowest BCUT2D eigenvalue weighted by Crippen LogP contribution is -1.87. The third kappa shape index (κ3) is 1.26. The number of aryl methyl sites for hydroxylation is 1. The average Bonchev–Trinajstić information content (AvgIpc) is 2.59. The summed E-state index contributed by atoms with van der Waals surface area (Å²) in [5.41, 5.74) is 2.97. The van der Waals surface area contributed by atoms with Crippen LogP contribution in [0, 0.1) is 0 Å². The standard InChI is InChI=1S/C10H12N2O/c1-3-9-8-6-7(11-2)4-5-10(8)13-12-9/h4-6,11H,3H2,1-2H3. The minimum atomic E-state index is 0.857. The van der Waals surface area contributed by atoms with Crippen molar-refractivity contribution in [2.45, 2.75) is 13.3 Å². The Morgan fingerprint density at radius 2 is 2.31 bits per heavy atom. The molecule has 1 heterocycles. The second kappa shape index (κ2) is 3.09. The van der Waals surface area contributed by atoms with Crippen LogP contribution in [0.5, 0.6) is 0 Å². The van der Waals surface area contributed by atoms with Gasteiger partial charge in [-0.15, -0.1) is 0 Å². The summed E-state index contributed by atoms with van der Waals surface area (Å²) in [6.45, 7) is 2.07. The van der Waals surface area contributed by atoms with Gasteiger partial charge in [-0.3, -0.25) is 0 Å². The van der Waals surface area contributed by atoms with Gasteiger partial charge in [0.2, 0.25) is 0 Å². The van der Waals surface area contributed by atoms with E-state index in [4.69, 9.17) is 4.52 Å². The molecule has 2 rings (SSSR count). The van der Waals surface area contributed by atoms with Crippen LogP contribution in [0.1, 0.15) is 12.6 Å². The summed E-state index contributed by atoms with van der Waals surface area (Å²) < 4.78 is 5.16. The van der Waals surface area contributed by atoms with Gasteiger partial charge >= 0.3 is 0 Å². The summed E-state index contributed by atoms with van der Waals surface area (Å²) in [6, 6.07) is 5.98. The molecule has 1 aromatic heterocycles. The minimum absolute atomic E-state index is 0.857. The topological polar surface area (TPSA) is 38.1 Å². The van der Waals surface area contributed by atoms with Crippen LogP contribution in [0.3, 0.4) is 0 Å². The van der Waals surface area contributed by atoms with Crippen molar-refractivity contribution in [3.63, 3.8) is 0 Å². The number of nitrogens with one attached hydrogen (secondary N) is 1. The van der Waals surface area contributed by atoms with Crippen LogP contribution >= 0.6 is 0 Å². The van der Waals surface area contributed by atoms with Gasteiger partial charge in [-0.2, -0.15) is 0 Å². The molecule has 13 heavy (non-hydrogen) atoms. The number of aromatic nitrogens is 1. The molecule has 0 aliphatic carbocycles. The Labute approximate surface area is 76.7 Å². The van der Waals surface area contributed by atoms with Gasteiger partial charge in [0.15, 0.2) is 5.58 Å². The Kier molecular flexibility index (Phi) is 1.93. The molecule has 3 heteroatoms. The molecule has 0 fully saturated rings. The lowest BCUT2D eigenvalue weighted by Gasteiger charge is -1.97. The van der Waals surface area contributed by atoms with Crippen LogP contribution in [-0.2, 0) is 6.42 Å². The van der Waals surface area contributed by atoms with E-state index in [-0.39, 0.29) is 0 Å². The van der Waals surface area contributed by atoms with Gasteiger partial charge in [-0.05, 0) is 24.6 Å². The fourth-order valence-electron chi connectivity index (χ4n) is 1.40. The largest absolute Gasteiger partial charge is 0.388 e. The molecule has 0 saturated heterocycles. The van der Waals surface area contributed by atoms with Crippen LogP contribution in [0.15, 0.2) is 22.7 Å². The number of benzene rings is 1. The molecular weight excluding hydrogens is 164 g/mol. The van der Waals surface area contributed by atoms with Crippen molar-refractivity contribution >= 4 is 16.7 Å². The molecule has 0 spiro atoms. The molecule has 0 atom stereocenters. The second-order valence-corrected chi connectivity index (χ2v) is 2.94. The third-order valence-corrected chi connectivity index (χ3v) is 2.17. The molecule has 0 saturated carbocycles. The summed E-state index contributed by atoms with van der Waals surface area (Å²) >= 11 is 0. The van der Waals surface area contributed by atoms with E-state index >= 15 is 0 Å². The van der Waals surface area contributed by atoms with Crippen molar-refractivity contribution in [2.24, 2.45) is 0 Å². The third-order valence-electron chi connectivity index (χ3n) is 2.17. The van der Waals surface area contributed by atoms with Crippen LogP contribution < -0.4 is 5.32 Å². The Morgan fingerprint density at radius 3 is 3.00 bits per heavy atom. The number of hydrogen-bond acceptors (Lipinski definition) is 3. The second-order valence-electron chi connectivity index (χ2n) is 2.94. The summed E-state index contributed by atoms with van der Waals surface area (Å²) in [7, 11) is 1.90. The number of nitrogens with zero attached hydrogens (tertiary/aromatic N) is 1. The lowest BCUT2D eigenvalue weighted by atomic mass is 10.1. The molecular formula is C10H12N2O. The predicted octanol–water partition coefficient (Wildman–Crippen LogP) is 2.43. The quantitative estimate of drug-likeness (QED) is 0.763. The highest BCUT2D eigenvalue weighted by Crippen LogP contribution is 2.22. The van der Waals surface area contributed by atoms with Crippen LogP contribution in [0.4, 0.5) is 5.69 Å². The predicted molar refractivity (Wildman–Crippen MR) is 52.9 cm³/mol. The van der Waals surface area contributed by atoms with E-state index in [0.29, 0.717) is 0 Å². The smallest absolute Gasteiger partial charge is 0.167 e. The Balaban J connectivity index is 2.64. The Bertz CT molecular complexity index is 420. The van der Waals surface area contributed by atoms with Crippen molar-refractivity contribution in [1.82, 2.24) is 5.16 Å². The molecule has 2 aromatic rings. The molecule has 0 amide bonds. The summed E-state index contributed by atoms with van der Waals surface area (Å²) in [4.78, 5) is 0. The maximum Gasteiger partial charge on any atom is 0.167 e. The van der Waals surface area contributed by atoms with Gasteiger partial charge in [0.05, 0.1) is 5.69 Å². The Morgan fingerprint density at radius 1 is 1.46 bits per heavy atom. The minimum Gasteiger partial charge on any atom is -0.388 e. The lowest BCUT2D eigenvalue weighted by molar-refractivity contribution is 0.447. The first-order valence-corrected chi connectivity index (χ1v) is 4.41. The first-order valence-electron chi connectivity index (χ1n) is 4.41. The number of anilines is 1. The van der Waals surface area contributed by atoms with Crippen molar-refractivity contribution < 1.29 is 4.52 Å². The zero-order valence-corrected chi connectivity index (χ0v) is 7.79. The van der Waals surface area contributed by atoms with E-state index in [1.165, 1.54) is 0 Å². The number of hydrogen-bond donors (Lipinski definition) is 1. The molecule has 1 N–H and O–H groups in total. The maximum atomic E-state index is 5.16. The van der Waals surface area contributed by atoms with Crippen molar-refractivity contribution in [3.05, 3.63) is 23.9 Å². The van der Waals surface area contributed by atoms with E-state index in [1.54, 1.807) is 0 Å². The van der Waals surface area contributed by atoms with E-state index in [0.717, 1.165) is 28.8 Å². The molecule has 0 aliphatic rings. The fourth-order valence-corrected chi connectivity index (χ4v) is 1.40. The molecule has 0 aliphatic heterocycles. The highest BCUT2D eigenvalue weighted by molar-refractivity contribution is 5.83. The first-order chi connectivity index (χ1) is 6.35. The van der Waals surface area contributed by atoms with E-state index in [9.17, 15) is 0 Å². The summed E-state index contributed by atoms with van der Waals surface area (Å²) in [5.74, 6) is 0. The van der Waals surface area contributed by atoms with Gasteiger partial charge < -0.3 is 9.84 Å². The first kappa shape index (κ1) is 8.10. The van der Waals surface area contributed by atoms with Crippen molar-refractivity contribution in [1.29, 1.82) is 0 Å². The zero-order valence-electron chi connectivity index (χ0n) is 7.79. The molecule has 0 bridgehead atoms. The van der Waals surface area contributed by atoms with Gasteiger partial charge in [0, 0.05) is 18.1 Å². The maximum absolute atomic E-state index is 5.16. The van der Waals surface area contributed by atoms with E-state index in [1.807, 2.05) is 19.2 Å². The molecule has 0 radical (unpaired) electrons. The normalized spacial score (nSPS) is 10.6. The number of rotatable bonds is 2. The van der Waals surface area contributed by atoms with Crippen molar-refractivity contribution in [3.8, 4) is 0 Å². The zero-order chi connectivity index (χ0) is 9.26. The van der Waals surface area contributed by atoms with Crippen LogP contribution in [0.25, 0.3) is 11.0 Å². The fraction of sp³-hybridized carbons (Fsp3) is 0.300. The monoisotopic (exact) mass is 176 g/mol. The number of fused-ring (bicyclic) bond motifs is 1. The highest BCUT2D eigenvalue weighted by atomic mass is 16.5. The molecule has 0 unspecified atom stereocenters. The molecule has 68 valence electrons. The highest BCUT2D eigenvalue weighted by Gasteiger charge is 2.05. The van der Waals surface area contributed by atoms with Gasteiger partial charge in [0.25, 0.3) is 0 Å². The molecule has 3 nitrogen and oxygen atoms in total. The average molecular weight is 176 g/mol. The van der Waals surface area contributed by atoms with Gasteiger partial charge in [-0.25, -0.2) is 0 Å².